The van der Waals surface area contributed by atoms with Gasteiger partial charge in [-0.3, -0.25) is 10.1 Å². The molecule has 0 amide bonds. The first-order chi connectivity index (χ1) is 7.82. The van der Waals surface area contributed by atoms with Crippen LogP contribution in [0.25, 0.3) is 0 Å². The van der Waals surface area contributed by atoms with Gasteiger partial charge >= 0.3 is 5.69 Å². The van der Waals surface area contributed by atoms with Gasteiger partial charge in [0.15, 0.2) is 0 Å². The smallest absolute Gasteiger partial charge is 0.348 e. The molecule has 1 aromatic heterocycles. The topological polar surface area (TPSA) is 81.0 Å². The van der Waals surface area contributed by atoms with Crippen molar-refractivity contribution in [2.24, 2.45) is 0 Å². The van der Waals surface area contributed by atoms with E-state index in [4.69, 9.17) is 11.6 Å². The van der Waals surface area contributed by atoms with Crippen molar-refractivity contribution in [2.75, 3.05) is 5.32 Å². The number of anilines is 1. The van der Waals surface area contributed by atoms with Crippen molar-refractivity contribution in [3.63, 3.8) is 0 Å². The minimum Gasteiger partial charge on any atom is -0.362 e. The van der Waals surface area contributed by atoms with Crippen LogP contribution in [-0.2, 0) is 0 Å². The number of nitro groups is 1. The van der Waals surface area contributed by atoms with Gasteiger partial charge in [-0.2, -0.15) is 0 Å². The van der Waals surface area contributed by atoms with E-state index >= 15 is 0 Å². The van der Waals surface area contributed by atoms with E-state index < -0.39 is 4.92 Å². The summed E-state index contributed by atoms with van der Waals surface area (Å²) in [4.78, 5) is 18.4. The van der Waals surface area contributed by atoms with Crippen molar-refractivity contribution >= 4 is 23.1 Å². The summed E-state index contributed by atoms with van der Waals surface area (Å²) in [5.74, 6) is 0.721. The van der Waals surface area contributed by atoms with Gasteiger partial charge in [0, 0.05) is 12.0 Å². The Morgan fingerprint density at radius 3 is 2.29 bits per heavy atom. The van der Waals surface area contributed by atoms with Crippen LogP contribution in [0.5, 0.6) is 0 Å². The molecule has 0 atom stereocenters. The molecule has 0 radical (unpaired) electrons. The zero-order chi connectivity index (χ0) is 13.2. The standard InChI is InChI=1S/C10H15ClN4O2/c1-5(2)9-13-8(11)7(15(16)17)10(14-9)12-6(3)4/h5-6H,1-4H3,(H,12,13,14). The number of nitrogens with one attached hydrogen (secondary N) is 1. The van der Waals surface area contributed by atoms with Crippen molar-refractivity contribution < 1.29 is 4.92 Å². The second-order valence-corrected chi connectivity index (χ2v) is 4.64. The van der Waals surface area contributed by atoms with E-state index in [2.05, 4.69) is 15.3 Å². The van der Waals surface area contributed by atoms with Crippen molar-refractivity contribution in [3.8, 4) is 0 Å². The molecule has 17 heavy (non-hydrogen) atoms. The molecule has 0 saturated carbocycles. The van der Waals surface area contributed by atoms with Gasteiger partial charge in [0.25, 0.3) is 0 Å². The zero-order valence-electron chi connectivity index (χ0n) is 10.2. The fourth-order valence-corrected chi connectivity index (χ4v) is 1.48. The van der Waals surface area contributed by atoms with Crippen LogP contribution >= 0.6 is 11.6 Å². The highest BCUT2D eigenvalue weighted by Gasteiger charge is 2.24. The average molecular weight is 259 g/mol. The summed E-state index contributed by atoms with van der Waals surface area (Å²) in [6.45, 7) is 7.54. The number of aromatic nitrogens is 2. The monoisotopic (exact) mass is 258 g/mol. The first-order valence-corrected chi connectivity index (χ1v) is 5.69. The maximum atomic E-state index is 10.9. The number of halogens is 1. The van der Waals surface area contributed by atoms with E-state index in [1.807, 2.05) is 27.7 Å². The van der Waals surface area contributed by atoms with Gasteiger partial charge in [0.05, 0.1) is 4.92 Å². The van der Waals surface area contributed by atoms with Gasteiger partial charge in [0.1, 0.15) is 5.82 Å². The molecule has 1 aromatic rings. The lowest BCUT2D eigenvalue weighted by atomic mass is 10.2. The minimum atomic E-state index is -0.572. The molecular weight excluding hydrogens is 244 g/mol. The molecule has 1 rings (SSSR count). The second-order valence-electron chi connectivity index (χ2n) is 4.28. The fourth-order valence-electron chi connectivity index (χ4n) is 1.24. The van der Waals surface area contributed by atoms with Crippen LogP contribution in [0, 0.1) is 10.1 Å². The molecule has 1 N–H and O–H groups in total. The van der Waals surface area contributed by atoms with E-state index in [-0.39, 0.29) is 28.6 Å². The van der Waals surface area contributed by atoms with Crippen molar-refractivity contribution in [1.82, 2.24) is 9.97 Å². The summed E-state index contributed by atoms with van der Waals surface area (Å²) < 4.78 is 0. The summed E-state index contributed by atoms with van der Waals surface area (Å²) in [5, 5.41) is 13.7. The third-order valence-electron chi connectivity index (χ3n) is 1.98. The first-order valence-electron chi connectivity index (χ1n) is 5.31. The first kappa shape index (κ1) is 13.6. The average Bonchev–Trinajstić information content (AvgIpc) is 2.14. The molecule has 94 valence electrons. The number of nitrogens with zero attached hydrogens (tertiary/aromatic N) is 3. The quantitative estimate of drug-likeness (QED) is 0.510. The summed E-state index contributed by atoms with van der Waals surface area (Å²) >= 11 is 5.82. The molecule has 0 aliphatic carbocycles. The highest BCUT2D eigenvalue weighted by atomic mass is 35.5. The van der Waals surface area contributed by atoms with Crippen LogP contribution in [0.15, 0.2) is 0 Å². The normalized spacial score (nSPS) is 11.0. The van der Waals surface area contributed by atoms with Crippen LogP contribution in [0.2, 0.25) is 5.15 Å². The van der Waals surface area contributed by atoms with E-state index in [1.54, 1.807) is 0 Å². The summed E-state index contributed by atoms with van der Waals surface area (Å²) in [6.07, 6.45) is 0. The maximum absolute atomic E-state index is 10.9. The Bertz CT molecular complexity index is 435. The van der Waals surface area contributed by atoms with E-state index in [0.717, 1.165) is 0 Å². The Balaban J connectivity index is 3.34. The molecule has 0 unspecified atom stereocenters. The lowest BCUT2D eigenvalue weighted by Gasteiger charge is -2.12. The Labute approximate surface area is 105 Å². The highest BCUT2D eigenvalue weighted by Crippen LogP contribution is 2.31. The molecule has 0 aliphatic rings. The summed E-state index contributed by atoms with van der Waals surface area (Å²) in [7, 11) is 0. The van der Waals surface area contributed by atoms with E-state index in [9.17, 15) is 10.1 Å². The third-order valence-corrected chi connectivity index (χ3v) is 2.25. The minimum absolute atomic E-state index is 0.0275. The molecule has 1 heterocycles. The third kappa shape index (κ3) is 3.26. The highest BCUT2D eigenvalue weighted by molar-refractivity contribution is 6.31. The fraction of sp³-hybridized carbons (Fsp3) is 0.600. The van der Waals surface area contributed by atoms with Crippen LogP contribution in [0.4, 0.5) is 11.5 Å². The van der Waals surface area contributed by atoms with Crippen molar-refractivity contribution in [2.45, 2.75) is 39.7 Å². The SMILES string of the molecule is CC(C)Nc1nc(C(C)C)nc(Cl)c1[N+](=O)[O-]. The predicted octanol–water partition coefficient (Wildman–Crippen LogP) is 2.98. The molecule has 6 nitrogen and oxygen atoms in total. The number of hydrogen-bond acceptors (Lipinski definition) is 5. The zero-order valence-corrected chi connectivity index (χ0v) is 10.9. The largest absolute Gasteiger partial charge is 0.362 e. The Kier molecular flexibility index (Phi) is 4.22. The Morgan fingerprint density at radius 2 is 1.88 bits per heavy atom. The van der Waals surface area contributed by atoms with E-state index in [0.29, 0.717) is 5.82 Å². The van der Waals surface area contributed by atoms with Crippen LogP contribution in [0.3, 0.4) is 0 Å². The van der Waals surface area contributed by atoms with Gasteiger partial charge in [-0.25, -0.2) is 9.97 Å². The van der Waals surface area contributed by atoms with Crippen molar-refractivity contribution in [3.05, 3.63) is 21.1 Å². The Hall–Kier alpha value is -1.43. The summed E-state index contributed by atoms with van der Waals surface area (Å²) in [6, 6.07) is 0.0275. The number of hydrogen-bond donors (Lipinski definition) is 1. The van der Waals surface area contributed by atoms with Gasteiger partial charge in [-0.15, -0.1) is 0 Å². The lowest BCUT2D eigenvalue weighted by molar-refractivity contribution is -0.384. The molecule has 0 fully saturated rings. The van der Waals surface area contributed by atoms with E-state index in [1.165, 1.54) is 0 Å². The van der Waals surface area contributed by atoms with Crippen LogP contribution in [0.1, 0.15) is 39.4 Å². The maximum Gasteiger partial charge on any atom is 0.348 e. The lowest BCUT2D eigenvalue weighted by Crippen LogP contribution is -2.15. The molecule has 0 bridgehead atoms. The van der Waals surface area contributed by atoms with Gasteiger partial charge in [-0.05, 0) is 13.8 Å². The van der Waals surface area contributed by atoms with Crippen LogP contribution in [-0.4, -0.2) is 20.9 Å². The van der Waals surface area contributed by atoms with Crippen molar-refractivity contribution in [1.29, 1.82) is 0 Å². The molecule has 0 aromatic carbocycles. The van der Waals surface area contributed by atoms with Gasteiger partial charge < -0.3 is 5.32 Å². The second kappa shape index (κ2) is 5.27. The van der Waals surface area contributed by atoms with Gasteiger partial charge in [0.2, 0.25) is 11.0 Å². The summed E-state index contributed by atoms with van der Waals surface area (Å²) in [5.41, 5.74) is -0.273. The predicted molar refractivity (Wildman–Crippen MR) is 66.5 cm³/mol. The Morgan fingerprint density at radius 1 is 1.29 bits per heavy atom. The molecule has 0 spiro atoms. The number of rotatable bonds is 4. The van der Waals surface area contributed by atoms with Gasteiger partial charge in [-0.1, -0.05) is 25.4 Å². The molecule has 0 saturated heterocycles. The molecule has 7 heteroatoms. The molecule has 0 aliphatic heterocycles. The van der Waals surface area contributed by atoms with Crippen LogP contribution < -0.4 is 5.32 Å². The molecular formula is C10H15ClN4O2.